The van der Waals surface area contributed by atoms with E-state index in [1.54, 1.807) is 25.1 Å². The van der Waals surface area contributed by atoms with Crippen molar-refractivity contribution in [3.8, 4) is 11.8 Å². The van der Waals surface area contributed by atoms with E-state index in [4.69, 9.17) is 4.18 Å². The monoisotopic (exact) mass is 520 g/mol. The Morgan fingerprint density at radius 1 is 1.05 bits per heavy atom. The molecule has 0 fully saturated rings. The topological polar surface area (TPSA) is 168 Å². The lowest BCUT2D eigenvalue weighted by Gasteiger charge is -2.11. The number of nitrogens with zero attached hydrogens (tertiary/aromatic N) is 2. The summed E-state index contributed by atoms with van der Waals surface area (Å²) in [5, 5.41) is 25.7. The van der Waals surface area contributed by atoms with Crippen molar-refractivity contribution in [3.05, 3.63) is 93.5 Å². The highest BCUT2D eigenvalue weighted by atomic mass is 32.2. The summed E-state index contributed by atoms with van der Waals surface area (Å²) >= 11 is 0. The van der Waals surface area contributed by atoms with Crippen LogP contribution in [0.4, 0.5) is 17.1 Å². The number of benzene rings is 3. The minimum atomic E-state index is -4.31. The number of nitriles is 1. The van der Waals surface area contributed by atoms with Crippen LogP contribution in [0.5, 0.6) is 5.75 Å². The third kappa shape index (κ3) is 6.77. The van der Waals surface area contributed by atoms with Crippen molar-refractivity contribution in [2.24, 2.45) is 0 Å². The molecule has 37 heavy (non-hydrogen) atoms. The molecular formula is C25H20N4O7S. The van der Waals surface area contributed by atoms with Crippen LogP contribution >= 0.6 is 0 Å². The Morgan fingerprint density at radius 3 is 2.35 bits per heavy atom. The molecule has 11 nitrogen and oxygen atoms in total. The van der Waals surface area contributed by atoms with Gasteiger partial charge in [-0.25, -0.2) is 0 Å². The molecule has 0 heterocycles. The van der Waals surface area contributed by atoms with Crippen molar-refractivity contribution in [1.29, 1.82) is 5.26 Å². The van der Waals surface area contributed by atoms with E-state index in [-0.39, 0.29) is 33.5 Å². The van der Waals surface area contributed by atoms with Crippen molar-refractivity contribution in [2.45, 2.75) is 18.7 Å². The van der Waals surface area contributed by atoms with Gasteiger partial charge in [-0.15, -0.1) is 0 Å². The molecule has 0 bridgehead atoms. The van der Waals surface area contributed by atoms with E-state index in [0.29, 0.717) is 11.3 Å². The second kappa shape index (κ2) is 11.1. The normalized spacial score (nSPS) is 11.2. The Labute approximate surface area is 212 Å². The quantitative estimate of drug-likeness (QED) is 0.147. The molecule has 0 radical (unpaired) electrons. The number of rotatable bonds is 8. The van der Waals surface area contributed by atoms with E-state index in [1.165, 1.54) is 61.5 Å². The summed E-state index contributed by atoms with van der Waals surface area (Å²) in [7, 11) is -4.31. The number of para-hydroxylation sites is 1. The van der Waals surface area contributed by atoms with Gasteiger partial charge in [-0.1, -0.05) is 24.3 Å². The lowest BCUT2D eigenvalue weighted by Crippen LogP contribution is -2.15. The molecule has 2 N–H and O–H groups in total. The predicted molar refractivity (Wildman–Crippen MR) is 135 cm³/mol. The maximum Gasteiger partial charge on any atom is 0.339 e. The molecule has 3 rings (SSSR count). The Morgan fingerprint density at radius 2 is 1.73 bits per heavy atom. The van der Waals surface area contributed by atoms with Gasteiger partial charge in [-0.3, -0.25) is 19.7 Å². The molecule has 188 valence electrons. The van der Waals surface area contributed by atoms with Crippen LogP contribution < -0.4 is 14.8 Å². The number of amides is 2. The average molecular weight is 521 g/mol. The fraction of sp³-hybridized carbons (Fsp3) is 0.0800. The van der Waals surface area contributed by atoms with Crippen LogP contribution in [0.15, 0.2) is 77.2 Å². The van der Waals surface area contributed by atoms with Crippen LogP contribution in [0.3, 0.4) is 0 Å². The summed E-state index contributed by atoms with van der Waals surface area (Å²) < 4.78 is 30.9. The molecule has 0 atom stereocenters. The lowest BCUT2D eigenvalue weighted by atomic mass is 10.1. The van der Waals surface area contributed by atoms with Crippen LogP contribution in [0, 0.1) is 28.4 Å². The molecule has 0 spiro atoms. The van der Waals surface area contributed by atoms with E-state index >= 15 is 0 Å². The standard InChI is InChI=1S/C25H20N4O7S/c1-16-7-12-22(23(13-16)29(32)33)28-25(31)19(15-26)14-18-5-3-4-6-24(18)36-37(34,35)21-10-8-20(9-11-21)27-17(2)30/h3-14H,1-2H3,(H,27,30)(H,28,31). The number of anilines is 2. The molecule has 0 aliphatic carbocycles. The van der Waals surface area contributed by atoms with Crippen LogP contribution in [0.25, 0.3) is 6.08 Å². The molecule has 3 aromatic carbocycles. The number of nitro groups is 1. The van der Waals surface area contributed by atoms with Gasteiger partial charge < -0.3 is 14.8 Å². The van der Waals surface area contributed by atoms with E-state index in [1.807, 2.05) is 0 Å². The molecule has 0 saturated heterocycles. The van der Waals surface area contributed by atoms with Gasteiger partial charge in [0.15, 0.2) is 0 Å². The number of aryl methyl sites for hydroxylation is 1. The molecule has 0 unspecified atom stereocenters. The van der Waals surface area contributed by atoms with Gasteiger partial charge in [0.1, 0.15) is 28.0 Å². The highest BCUT2D eigenvalue weighted by molar-refractivity contribution is 7.87. The molecule has 12 heteroatoms. The summed E-state index contributed by atoms with van der Waals surface area (Å²) in [5.41, 5.74) is 0.224. The zero-order valence-electron chi connectivity index (χ0n) is 19.6. The first-order valence-electron chi connectivity index (χ1n) is 10.6. The molecule has 2 amide bonds. The maximum atomic E-state index is 12.8. The van der Waals surface area contributed by atoms with Crippen LogP contribution in [0.2, 0.25) is 0 Å². The zero-order chi connectivity index (χ0) is 27.2. The second-order valence-corrected chi connectivity index (χ2v) is 9.23. The first-order chi connectivity index (χ1) is 17.5. The average Bonchev–Trinajstić information content (AvgIpc) is 2.84. The summed E-state index contributed by atoms with van der Waals surface area (Å²) in [6.07, 6.45) is 1.11. The highest BCUT2D eigenvalue weighted by Gasteiger charge is 2.21. The van der Waals surface area contributed by atoms with Crippen LogP contribution in [-0.4, -0.2) is 25.2 Å². The fourth-order valence-corrected chi connectivity index (χ4v) is 4.10. The van der Waals surface area contributed by atoms with E-state index < -0.39 is 26.5 Å². The lowest BCUT2D eigenvalue weighted by molar-refractivity contribution is -0.384. The highest BCUT2D eigenvalue weighted by Crippen LogP contribution is 2.28. The second-order valence-electron chi connectivity index (χ2n) is 7.68. The van der Waals surface area contributed by atoms with Crippen molar-refractivity contribution in [1.82, 2.24) is 0 Å². The molecular weight excluding hydrogens is 500 g/mol. The van der Waals surface area contributed by atoms with Crippen molar-refractivity contribution >= 4 is 45.1 Å². The van der Waals surface area contributed by atoms with E-state index in [0.717, 1.165) is 6.08 Å². The Kier molecular flexibility index (Phi) is 8.01. The molecule has 0 aliphatic rings. The van der Waals surface area contributed by atoms with Crippen molar-refractivity contribution in [2.75, 3.05) is 10.6 Å². The summed E-state index contributed by atoms with van der Waals surface area (Å²) in [4.78, 5) is 34.4. The van der Waals surface area contributed by atoms with Gasteiger partial charge in [0.2, 0.25) is 5.91 Å². The number of hydrogen-bond acceptors (Lipinski definition) is 8. The molecule has 0 aromatic heterocycles. The predicted octanol–water partition coefficient (Wildman–Crippen LogP) is 4.18. The third-order valence-electron chi connectivity index (χ3n) is 4.84. The van der Waals surface area contributed by atoms with E-state index in [2.05, 4.69) is 10.6 Å². The summed E-state index contributed by atoms with van der Waals surface area (Å²) in [6, 6.07) is 17.0. The number of hydrogen-bond donors (Lipinski definition) is 2. The fourth-order valence-electron chi connectivity index (χ4n) is 3.14. The maximum absolute atomic E-state index is 12.8. The van der Waals surface area contributed by atoms with Crippen LogP contribution in [0.1, 0.15) is 18.1 Å². The molecule has 0 saturated carbocycles. The number of nitrogens with one attached hydrogen (secondary N) is 2. The van der Waals surface area contributed by atoms with Gasteiger partial charge in [0, 0.05) is 24.2 Å². The van der Waals surface area contributed by atoms with Gasteiger partial charge in [-0.05, 0) is 55.0 Å². The largest absolute Gasteiger partial charge is 0.378 e. The summed E-state index contributed by atoms with van der Waals surface area (Å²) in [5.74, 6) is -1.40. The van der Waals surface area contributed by atoms with E-state index in [9.17, 15) is 33.4 Å². The molecule has 0 aliphatic heterocycles. The van der Waals surface area contributed by atoms with Gasteiger partial charge in [0.25, 0.3) is 11.6 Å². The number of carbonyl (C=O) groups excluding carboxylic acids is 2. The smallest absolute Gasteiger partial charge is 0.339 e. The van der Waals surface area contributed by atoms with Crippen molar-refractivity contribution in [3.63, 3.8) is 0 Å². The third-order valence-corrected chi connectivity index (χ3v) is 6.09. The first-order valence-corrected chi connectivity index (χ1v) is 12.0. The van der Waals surface area contributed by atoms with Gasteiger partial charge in [0.05, 0.1) is 4.92 Å². The summed E-state index contributed by atoms with van der Waals surface area (Å²) in [6.45, 7) is 2.97. The zero-order valence-corrected chi connectivity index (χ0v) is 20.4. The Hall–Kier alpha value is -5.02. The first kappa shape index (κ1) is 26.6. The number of carbonyl (C=O) groups is 2. The van der Waals surface area contributed by atoms with Crippen molar-refractivity contribution < 1.29 is 27.1 Å². The Bertz CT molecular complexity index is 1560. The van der Waals surface area contributed by atoms with Gasteiger partial charge >= 0.3 is 10.1 Å². The molecule has 3 aromatic rings. The minimum Gasteiger partial charge on any atom is -0.378 e. The Balaban J connectivity index is 1.88. The SMILES string of the molecule is CC(=O)Nc1ccc(S(=O)(=O)Oc2ccccc2C=C(C#N)C(=O)Nc2ccc(C)cc2[N+](=O)[O-])cc1. The minimum absolute atomic E-state index is 0.100. The van der Waals surface area contributed by atoms with Gasteiger partial charge in [-0.2, -0.15) is 13.7 Å². The number of nitro benzene ring substituents is 1. The van der Waals surface area contributed by atoms with Crippen LogP contribution in [-0.2, 0) is 19.7 Å².